The van der Waals surface area contributed by atoms with Crippen LogP contribution < -0.4 is 10.0 Å². The summed E-state index contributed by atoms with van der Waals surface area (Å²) in [4.78, 5) is 12.1. The van der Waals surface area contributed by atoms with Gasteiger partial charge in [0.25, 0.3) is 0 Å². The van der Waals surface area contributed by atoms with E-state index in [4.69, 9.17) is 11.6 Å². The molecule has 1 amide bonds. The Morgan fingerprint density at radius 2 is 1.81 bits per heavy atom. The van der Waals surface area contributed by atoms with Gasteiger partial charge < -0.3 is 5.32 Å². The van der Waals surface area contributed by atoms with Crippen LogP contribution in [0.1, 0.15) is 17.5 Å². The Bertz CT molecular complexity index is 947. The van der Waals surface area contributed by atoms with Gasteiger partial charge in [0.05, 0.1) is 23.2 Å². The van der Waals surface area contributed by atoms with Crippen LogP contribution in [0.2, 0.25) is 5.02 Å². The predicted molar refractivity (Wildman–Crippen MR) is 98.3 cm³/mol. The van der Waals surface area contributed by atoms with Crippen LogP contribution in [0.5, 0.6) is 0 Å². The molecule has 0 unspecified atom stereocenters. The highest BCUT2D eigenvalue weighted by molar-refractivity contribution is 7.92. The standard InChI is InChI=1S/C17H16ClF3N2O3S/c1-27(25,26)23-14-7-6-12(17(19,20)21)10-15(14)22-16(24)8-5-11-3-2-4-13(18)9-11/h2-4,6-7,9-10,23H,5,8H2,1H3,(H,22,24). The number of anilines is 2. The SMILES string of the molecule is CS(=O)(=O)Nc1ccc(C(F)(F)F)cc1NC(=O)CCc1cccc(Cl)c1. The molecule has 0 radical (unpaired) electrons. The van der Waals surface area contributed by atoms with Crippen molar-refractivity contribution >= 4 is 38.9 Å². The second-order valence-corrected chi connectivity index (χ2v) is 8.00. The van der Waals surface area contributed by atoms with Gasteiger partial charge in [0.1, 0.15) is 0 Å². The predicted octanol–water partition coefficient (Wildman–Crippen LogP) is 4.30. The first kappa shape index (κ1) is 21.0. The zero-order valence-corrected chi connectivity index (χ0v) is 15.7. The van der Waals surface area contributed by atoms with E-state index in [0.29, 0.717) is 17.5 Å². The van der Waals surface area contributed by atoms with Gasteiger partial charge in [-0.2, -0.15) is 13.2 Å². The Hall–Kier alpha value is -2.26. The molecule has 146 valence electrons. The molecular formula is C17H16ClF3N2O3S. The number of rotatable bonds is 6. The van der Waals surface area contributed by atoms with E-state index >= 15 is 0 Å². The molecule has 5 nitrogen and oxygen atoms in total. The number of hydrogen-bond acceptors (Lipinski definition) is 3. The molecule has 0 bridgehead atoms. The summed E-state index contributed by atoms with van der Waals surface area (Å²) in [5, 5.41) is 2.84. The van der Waals surface area contributed by atoms with Crippen LogP contribution in [0.15, 0.2) is 42.5 Å². The van der Waals surface area contributed by atoms with Crippen molar-refractivity contribution in [2.24, 2.45) is 0 Å². The van der Waals surface area contributed by atoms with Gasteiger partial charge in [-0.1, -0.05) is 23.7 Å². The van der Waals surface area contributed by atoms with E-state index in [1.54, 1.807) is 24.3 Å². The normalized spacial score (nSPS) is 11.9. The number of hydrogen-bond donors (Lipinski definition) is 2. The summed E-state index contributed by atoms with van der Waals surface area (Å²) in [6.45, 7) is 0. The lowest BCUT2D eigenvalue weighted by atomic mass is 10.1. The molecule has 0 aromatic heterocycles. The van der Waals surface area contributed by atoms with E-state index in [1.807, 2.05) is 0 Å². The van der Waals surface area contributed by atoms with E-state index in [2.05, 4.69) is 10.0 Å². The van der Waals surface area contributed by atoms with Crippen molar-refractivity contribution in [3.8, 4) is 0 Å². The summed E-state index contributed by atoms with van der Waals surface area (Å²) in [5.74, 6) is -0.564. The number of sulfonamides is 1. The molecule has 0 aliphatic rings. The zero-order chi connectivity index (χ0) is 20.2. The number of carbonyl (C=O) groups is 1. The van der Waals surface area contributed by atoms with Gasteiger partial charge >= 0.3 is 6.18 Å². The average molecular weight is 421 g/mol. The summed E-state index contributed by atoms with van der Waals surface area (Å²) in [6, 6.07) is 9.21. The van der Waals surface area contributed by atoms with E-state index in [-0.39, 0.29) is 17.8 Å². The number of nitrogens with one attached hydrogen (secondary N) is 2. The van der Waals surface area contributed by atoms with E-state index in [9.17, 15) is 26.4 Å². The fourth-order valence-corrected chi connectivity index (χ4v) is 3.07. The summed E-state index contributed by atoms with van der Waals surface area (Å²) < 4.78 is 63.7. The third-order valence-electron chi connectivity index (χ3n) is 3.45. The Morgan fingerprint density at radius 1 is 1.11 bits per heavy atom. The molecule has 0 spiro atoms. The largest absolute Gasteiger partial charge is 0.416 e. The minimum atomic E-state index is -4.64. The van der Waals surface area contributed by atoms with Gasteiger partial charge in [0, 0.05) is 11.4 Å². The van der Waals surface area contributed by atoms with Crippen molar-refractivity contribution in [3.05, 3.63) is 58.6 Å². The molecule has 0 fully saturated rings. The highest BCUT2D eigenvalue weighted by Crippen LogP contribution is 2.34. The van der Waals surface area contributed by atoms with E-state index in [0.717, 1.165) is 24.0 Å². The first-order valence-corrected chi connectivity index (χ1v) is 9.94. The Morgan fingerprint density at radius 3 is 2.41 bits per heavy atom. The van der Waals surface area contributed by atoms with E-state index in [1.165, 1.54) is 0 Å². The summed E-state index contributed by atoms with van der Waals surface area (Å²) in [5.41, 5.74) is -0.643. The molecule has 0 atom stereocenters. The van der Waals surface area contributed by atoms with Crippen molar-refractivity contribution in [3.63, 3.8) is 0 Å². The van der Waals surface area contributed by atoms with Crippen molar-refractivity contribution in [1.82, 2.24) is 0 Å². The molecule has 2 aromatic carbocycles. The van der Waals surface area contributed by atoms with Crippen LogP contribution >= 0.6 is 11.6 Å². The molecule has 2 rings (SSSR count). The van der Waals surface area contributed by atoms with Crippen molar-refractivity contribution in [2.75, 3.05) is 16.3 Å². The number of alkyl halides is 3. The molecule has 0 saturated heterocycles. The number of benzene rings is 2. The third kappa shape index (κ3) is 6.76. The molecule has 0 aliphatic carbocycles. The molecule has 0 saturated carbocycles. The lowest BCUT2D eigenvalue weighted by molar-refractivity contribution is -0.137. The number of aryl methyl sites for hydroxylation is 1. The first-order chi connectivity index (χ1) is 12.4. The quantitative estimate of drug-likeness (QED) is 0.731. The maximum Gasteiger partial charge on any atom is 0.416 e. The number of carbonyl (C=O) groups excluding carboxylic acids is 1. The lowest BCUT2D eigenvalue weighted by Gasteiger charge is -2.15. The Labute approximate surface area is 159 Å². The van der Waals surface area contributed by atoms with Gasteiger partial charge in [-0.15, -0.1) is 0 Å². The van der Waals surface area contributed by atoms with Gasteiger partial charge in [-0.05, 0) is 42.3 Å². The van der Waals surface area contributed by atoms with Crippen LogP contribution in [-0.2, 0) is 27.4 Å². The molecule has 27 heavy (non-hydrogen) atoms. The molecular weight excluding hydrogens is 405 g/mol. The van der Waals surface area contributed by atoms with Crippen LogP contribution in [0.3, 0.4) is 0 Å². The fraction of sp³-hybridized carbons (Fsp3) is 0.235. The minimum Gasteiger partial charge on any atom is -0.324 e. The number of amides is 1. The van der Waals surface area contributed by atoms with Gasteiger partial charge in [0.2, 0.25) is 15.9 Å². The molecule has 2 N–H and O–H groups in total. The first-order valence-electron chi connectivity index (χ1n) is 7.67. The highest BCUT2D eigenvalue weighted by atomic mass is 35.5. The second-order valence-electron chi connectivity index (χ2n) is 5.81. The topological polar surface area (TPSA) is 75.3 Å². The number of halogens is 4. The summed E-state index contributed by atoms with van der Waals surface area (Å²) >= 11 is 5.86. The Kier molecular flexibility index (Phi) is 6.38. The third-order valence-corrected chi connectivity index (χ3v) is 4.27. The minimum absolute atomic E-state index is 0.0189. The summed E-state index contributed by atoms with van der Waals surface area (Å²) in [7, 11) is -3.74. The van der Waals surface area contributed by atoms with Gasteiger partial charge in [-0.25, -0.2) is 8.42 Å². The second kappa shape index (κ2) is 8.18. The highest BCUT2D eigenvalue weighted by Gasteiger charge is 2.31. The van der Waals surface area contributed by atoms with Crippen molar-refractivity contribution < 1.29 is 26.4 Å². The van der Waals surface area contributed by atoms with Crippen molar-refractivity contribution in [1.29, 1.82) is 0 Å². The molecule has 2 aromatic rings. The van der Waals surface area contributed by atoms with Crippen LogP contribution in [0.4, 0.5) is 24.5 Å². The smallest absolute Gasteiger partial charge is 0.324 e. The lowest BCUT2D eigenvalue weighted by Crippen LogP contribution is -2.17. The van der Waals surface area contributed by atoms with Gasteiger partial charge in [-0.3, -0.25) is 9.52 Å². The average Bonchev–Trinajstić information content (AvgIpc) is 2.52. The van der Waals surface area contributed by atoms with Gasteiger partial charge in [0.15, 0.2) is 0 Å². The van der Waals surface area contributed by atoms with Crippen LogP contribution in [-0.4, -0.2) is 20.6 Å². The monoisotopic (exact) mass is 420 g/mol. The summed E-state index contributed by atoms with van der Waals surface area (Å²) in [6.07, 6.45) is -3.48. The fourth-order valence-electron chi connectivity index (χ4n) is 2.28. The van der Waals surface area contributed by atoms with Crippen LogP contribution in [0.25, 0.3) is 0 Å². The zero-order valence-electron chi connectivity index (χ0n) is 14.1. The Balaban J connectivity index is 2.19. The van der Waals surface area contributed by atoms with E-state index < -0.39 is 27.7 Å². The molecule has 0 heterocycles. The van der Waals surface area contributed by atoms with Crippen molar-refractivity contribution in [2.45, 2.75) is 19.0 Å². The molecule has 0 aliphatic heterocycles. The molecule has 10 heteroatoms. The van der Waals surface area contributed by atoms with Crippen LogP contribution in [0, 0.1) is 0 Å². The maximum atomic E-state index is 12.9. The maximum absolute atomic E-state index is 12.9.